The molecule has 11 heteroatoms. The SMILES string of the molecule is Cc1cc(Cl)c(OCCOc2ccc(C3=C(C(=O)N(CCc4ccccc4Cl)C4CC4)[C@H]4CN(C(=O)CCCC(N)=O)C[C@@H](C3)N4)cc2)cc1C. The Bertz CT molecular complexity index is 1790. The van der Waals surface area contributed by atoms with Crippen LogP contribution in [-0.2, 0) is 20.8 Å². The minimum absolute atomic E-state index is 0.000935. The van der Waals surface area contributed by atoms with Crippen molar-refractivity contribution in [1.82, 2.24) is 15.1 Å². The number of hydrogen-bond acceptors (Lipinski definition) is 6. The second-order valence-corrected chi connectivity index (χ2v) is 14.6. The van der Waals surface area contributed by atoms with Crippen molar-refractivity contribution in [2.24, 2.45) is 5.73 Å². The number of piperazine rings is 1. The molecule has 3 N–H and O–H groups in total. The third-order valence-electron chi connectivity index (χ3n) is 9.99. The Morgan fingerprint density at radius 1 is 0.922 bits per heavy atom. The van der Waals surface area contributed by atoms with Gasteiger partial charge in [-0.3, -0.25) is 14.4 Å². The molecule has 0 radical (unpaired) electrons. The van der Waals surface area contributed by atoms with Crippen molar-refractivity contribution >= 4 is 46.5 Å². The lowest BCUT2D eigenvalue weighted by molar-refractivity contribution is -0.134. The normalized spacial score (nSPS) is 18.4. The predicted molar refractivity (Wildman–Crippen MR) is 200 cm³/mol. The molecule has 51 heavy (non-hydrogen) atoms. The Balaban J connectivity index is 1.20. The van der Waals surface area contributed by atoms with Crippen LogP contribution in [-0.4, -0.2) is 78.5 Å². The first kappa shape index (κ1) is 36.7. The van der Waals surface area contributed by atoms with E-state index in [2.05, 4.69) is 5.32 Å². The summed E-state index contributed by atoms with van der Waals surface area (Å²) in [5.74, 6) is 0.900. The highest BCUT2D eigenvalue weighted by Crippen LogP contribution is 2.37. The predicted octanol–water partition coefficient (Wildman–Crippen LogP) is 6.28. The minimum atomic E-state index is -0.413. The van der Waals surface area contributed by atoms with Crippen LogP contribution in [0, 0.1) is 13.8 Å². The van der Waals surface area contributed by atoms with Gasteiger partial charge in [-0.1, -0.05) is 53.5 Å². The maximum Gasteiger partial charge on any atom is 0.252 e. The Labute approximate surface area is 310 Å². The molecule has 270 valence electrons. The van der Waals surface area contributed by atoms with Crippen LogP contribution >= 0.6 is 23.2 Å². The molecule has 3 aliphatic rings. The van der Waals surface area contributed by atoms with E-state index in [4.69, 9.17) is 38.4 Å². The number of carbonyl (C=O) groups excluding carboxylic acids is 3. The molecule has 0 unspecified atom stereocenters. The number of fused-ring (bicyclic) bond motifs is 2. The molecular weight excluding hydrogens is 687 g/mol. The molecule has 0 spiro atoms. The van der Waals surface area contributed by atoms with Crippen LogP contribution in [0.1, 0.15) is 60.8 Å². The lowest BCUT2D eigenvalue weighted by Crippen LogP contribution is -2.62. The van der Waals surface area contributed by atoms with Crippen LogP contribution in [0.5, 0.6) is 11.5 Å². The number of benzene rings is 3. The van der Waals surface area contributed by atoms with Gasteiger partial charge in [0.25, 0.3) is 5.91 Å². The standard InChI is InChI=1S/C40H46Cl2N4O5/c1-25-20-34(42)36(21-26(25)2)51-19-18-50-31-14-10-27(11-15-31)32-22-29-23-45(38(48)9-5-8-37(43)47)24-35(44-29)39(32)40(49)46(30-12-13-30)17-16-28-6-3-4-7-33(28)41/h3-4,6-7,10-11,14-15,20-21,29-30,35,44H,5,8-9,12-13,16-19,22-24H2,1-2H3,(H2,43,47)/t29-,35-/m1/s1. The molecule has 2 atom stereocenters. The third kappa shape index (κ3) is 9.25. The van der Waals surface area contributed by atoms with Gasteiger partial charge in [0.1, 0.15) is 24.7 Å². The zero-order valence-electron chi connectivity index (χ0n) is 29.3. The number of nitrogens with zero attached hydrogens (tertiary/aromatic N) is 2. The number of primary amides is 1. The van der Waals surface area contributed by atoms with Crippen molar-refractivity contribution in [3.05, 3.63) is 98.5 Å². The summed E-state index contributed by atoms with van der Waals surface area (Å²) in [7, 11) is 0. The second-order valence-electron chi connectivity index (χ2n) is 13.8. The van der Waals surface area contributed by atoms with Crippen molar-refractivity contribution in [2.75, 3.05) is 32.8 Å². The largest absolute Gasteiger partial charge is 0.490 e. The topological polar surface area (TPSA) is 114 Å². The highest BCUT2D eigenvalue weighted by Gasteiger charge is 2.43. The van der Waals surface area contributed by atoms with Gasteiger partial charge in [0.2, 0.25) is 11.8 Å². The van der Waals surface area contributed by atoms with Crippen LogP contribution in [0.3, 0.4) is 0 Å². The van der Waals surface area contributed by atoms with Crippen LogP contribution in [0.25, 0.3) is 5.57 Å². The Hall–Kier alpha value is -4.05. The van der Waals surface area contributed by atoms with Crippen molar-refractivity contribution in [2.45, 2.75) is 76.9 Å². The van der Waals surface area contributed by atoms with E-state index in [9.17, 15) is 14.4 Å². The molecule has 3 aromatic carbocycles. The number of halogens is 2. The summed E-state index contributed by atoms with van der Waals surface area (Å²) in [5.41, 5.74) is 11.2. The highest BCUT2D eigenvalue weighted by atomic mass is 35.5. The quantitative estimate of drug-likeness (QED) is 0.178. The average molecular weight is 734 g/mol. The van der Waals surface area contributed by atoms with Crippen molar-refractivity contribution in [1.29, 1.82) is 0 Å². The van der Waals surface area contributed by atoms with E-state index < -0.39 is 5.91 Å². The molecule has 2 bridgehead atoms. The number of rotatable bonds is 15. The van der Waals surface area contributed by atoms with Crippen LogP contribution < -0.4 is 20.5 Å². The zero-order chi connectivity index (χ0) is 36.1. The summed E-state index contributed by atoms with van der Waals surface area (Å²) in [6.07, 6.45) is 4.02. The van der Waals surface area contributed by atoms with E-state index in [-0.39, 0.29) is 42.8 Å². The number of carbonyl (C=O) groups is 3. The smallest absolute Gasteiger partial charge is 0.252 e. The number of nitrogens with one attached hydrogen (secondary N) is 1. The molecule has 1 saturated carbocycles. The summed E-state index contributed by atoms with van der Waals surface area (Å²) in [6, 6.07) is 19.3. The summed E-state index contributed by atoms with van der Waals surface area (Å²) >= 11 is 12.9. The summed E-state index contributed by atoms with van der Waals surface area (Å²) in [5, 5.41) is 4.94. The molecule has 2 heterocycles. The first-order valence-corrected chi connectivity index (χ1v) is 18.5. The maximum absolute atomic E-state index is 14.7. The van der Waals surface area contributed by atoms with Crippen molar-refractivity contribution < 1.29 is 23.9 Å². The fourth-order valence-corrected chi connectivity index (χ4v) is 7.51. The fourth-order valence-electron chi connectivity index (χ4n) is 7.00. The molecule has 2 fully saturated rings. The zero-order valence-corrected chi connectivity index (χ0v) is 30.8. The summed E-state index contributed by atoms with van der Waals surface area (Å²) < 4.78 is 11.9. The van der Waals surface area contributed by atoms with Crippen LogP contribution in [0.4, 0.5) is 0 Å². The second kappa shape index (κ2) is 16.5. The van der Waals surface area contributed by atoms with Gasteiger partial charge in [-0.05, 0) is 104 Å². The molecular formula is C40H46Cl2N4O5. The lowest BCUT2D eigenvalue weighted by atomic mass is 9.82. The van der Waals surface area contributed by atoms with Crippen molar-refractivity contribution in [3.8, 4) is 11.5 Å². The van der Waals surface area contributed by atoms with Crippen LogP contribution in [0.15, 0.2) is 66.2 Å². The van der Waals surface area contributed by atoms with Gasteiger partial charge >= 0.3 is 0 Å². The highest BCUT2D eigenvalue weighted by molar-refractivity contribution is 6.32. The number of aryl methyl sites for hydroxylation is 2. The van der Waals surface area contributed by atoms with Gasteiger partial charge in [0, 0.05) is 55.2 Å². The maximum atomic E-state index is 14.7. The van der Waals surface area contributed by atoms with Gasteiger partial charge in [0.05, 0.1) is 11.1 Å². The Morgan fingerprint density at radius 2 is 1.65 bits per heavy atom. The van der Waals surface area contributed by atoms with Gasteiger partial charge in [-0.15, -0.1) is 0 Å². The van der Waals surface area contributed by atoms with E-state index >= 15 is 0 Å². The Kier molecular flexibility index (Phi) is 11.9. The molecule has 2 aliphatic heterocycles. The number of nitrogens with two attached hydrogens (primary N) is 1. The first-order chi connectivity index (χ1) is 24.6. The van der Waals surface area contributed by atoms with E-state index in [0.29, 0.717) is 79.2 Å². The number of amides is 3. The minimum Gasteiger partial charge on any atom is -0.490 e. The molecule has 1 saturated heterocycles. The van der Waals surface area contributed by atoms with Gasteiger partial charge in [0.15, 0.2) is 0 Å². The fraction of sp³-hybridized carbons (Fsp3) is 0.425. The van der Waals surface area contributed by atoms with Gasteiger partial charge in [-0.2, -0.15) is 0 Å². The average Bonchev–Trinajstić information content (AvgIpc) is 3.95. The van der Waals surface area contributed by atoms with E-state index in [1.165, 1.54) is 0 Å². The molecule has 9 nitrogen and oxygen atoms in total. The molecule has 0 aromatic heterocycles. The molecule has 3 amide bonds. The molecule has 1 aliphatic carbocycles. The third-order valence-corrected chi connectivity index (χ3v) is 10.7. The van der Waals surface area contributed by atoms with Gasteiger partial charge in [-0.25, -0.2) is 0 Å². The first-order valence-electron chi connectivity index (χ1n) is 17.8. The Morgan fingerprint density at radius 3 is 2.37 bits per heavy atom. The van der Waals surface area contributed by atoms with E-state index in [0.717, 1.165) is 40.7 Å². The van der Waals surface area contributed by atoms with Gasteiger partial charge < -0.3 is 30.3 Å². The monoisotopic (exact) mass is 732 g/mol. The van der Waals surface area contributed by atoms with Crippen molar-refractivity contribution in [3.63, 3.8) is 0 Å². The lowest BCUT2D eigenvalue weighted by Gasteiger charge is -2.45. The number of hydrogen-bond donors (Lipinski definition) is 2. The summed E-state index contributed by atoms with van der Waals surface area (Å²) in [4.78, 5) is 43.1. The molecule has 6 rings (SSSR count). The summed E-state index contributed by atoms with van der Waals surface area (Å²) in [6.45, 7) is 6.18. The van der Waals surface area contributed by atoms with E-state index in [1.54, 1.807) is 0 Å². The van der Waals surface area contributed by atoms with E-state index in [1.807, 2.05) is 84.3 Å². The molecule has 3 aromatic rings. The van der Waals surface area contributed by atoms with Crippen LogP contribution in [0.2, 0.25) is 10.0 Å². The number of ether oxygens (including phenoxy) is 2.